The Kier molecular flexibility index (Phi) is 6.60. The zero-order valence-corrected chi connectivity index (χ0v) is 15.8. The molecule has 1 aromatic carbocycles. The first-order valence-corrected chi connectivity index (χ1v) is 8.48. The van der Waals surface area contributed by atoms with E-state index in [9.17, 15) is 4.79 Å². The SMILES string of the molecule is CC(C)(C)C(CCCl)NC(=O)c1cc(Br)ccc1I. The third-order valence-corrected chi connectivity index (χ3v) is 4.57. The van der Waals surface area contributed by atoms with E-state index in [0.29, 0.717) is 11.4 Å². The molecule has 0 aliphatic carbocycles. The maximum Gasteiger partial charge on any atom is 0.252 e. The van der Waals surface area contributed by atoms with E-state index in [2.05, 4.69) is 64.6 Å². The van der Waals surface area contributed by atoms with Crippen molar-refractivity contribution >= 4 is 56.0 Å². The predicted octanol–water partition coefficient (Wildman–Crippen LogP) is 4.83. The number of amides is 1. The second kappa shape index (κ2) is 7.27. The van der Waals surface area contributed by atoms with Crippen LogP contribution in [0.4, 0.5) is 0 Å². The van der Waals surface area contributed by atoms with E-state index in [1.807, 2.05) is 18.2 Å². The Balaban J connectivity index is 2.91. The first-order chi connectivity index (χ1) is 8.75. The van der Waals surface area contributed by atoms with Gasteiger partial charge in [-0.3, -0.25) is 4.79 Å². The molecular weight excluding hydrogens is 440 g/mol. The lowest BCUT2D eigenvalue weighted by atomic mass is 9.85. The molecule has 0 aromatic heterocycles. The lowest BCUT2D eigenvalue weighted by molar-refractivity contribution is 0.0899. The molecule has 0 radical (unpaired) electrons. The Morgan fingerprint density at radius 3 is 2.63 bits per heavy atom. The summed E-state index contributed by atoms with van der Waals surface area (Å²) in [7, 11) is 0. The Bertz CT molecular complexity index is 459. The van der Waals surface area contributed by atoms with Crippen molar-refractivity contribution in [3.05, 3.63) is 31.8 Å². The van der Waals surface area contributed by atoms with Gasteiger partial charge in [0.15, 0.2) is 0 Å². The van der Waals surface area contributed by atoms with E-state index < -0.39 is 0 Å². The van der Waals surface area contributed by atoms with Crippen molar-refractivity contribution in [3.63, 3.8) is 0 Å². The van der Waals surface area contributed by atoms with Crippen LogP contribution in [-0.2, 0) is 0 Å². The van der Waals surface area contributed by atoms with Crippen LogP contribution >= 0.6 is 50.1 Å². The molecule has 5 heteroatoms. The van der Waals surface area contributed by atoms with Crippen LogP contribution in [0.3, 0.4) is 0 Å². The van der Waals surface area contributed by atoms with E-state index in [1.54, 1.807) is 0 Å². The number of hydrogen-bond donors (Lipinski definition) is 1. The summed E-state index contributed by atoms with van der Waals surface area (Å²) in [5.74, 6) is 0.494. The number of carbonyl (C=O) groups excluding carboxylic acids is 1. The fraction of sp³-hybridized carbons (Fsp3) is 0.500. The van der Waals surface area contributed by atoms with Gasteiger partial charge in [0.25, 0.3) is 5.91 Å². The van der Waals surface area contributed by atoms with Crippen molar-refractivity contribution in [2.45, 2.75) is 33.2 Å². The lowest BCUT2D eigenvalue weighted by Crippen LogP contribution is -2.44. The Morgan fingerprint density at radius 2 is 2.11 bits per heavy atom. The molecule has 1 amide bonds. The fourth-order valence-electron chi connectivity index (χ4n) is 1.74. The summed E-state index contributed by atoms with van der Waals surface area (Å²) in [5, 5.41) is 3.09. The minimum absolute atomic E-state index is 0.0119. The molecule has 0 saturated heterocycles. The number of alkyl halides is 1. The van der Waals surface area contributed by atoms with E-state index in [-0.39, 0.29) is 17.4 Å². The average molecular weight is 459 g/mol. The highest BCUT2D eigenvalue weighted by molar-refractivity contribution is 14.1. The van der Waals surface area contributed by atoms with Crippen molar-refractivity contribution in [1.82, 2.24) is 5.32 Å². The van der Waals surface area contributed by atoms with Crippen molar-refractivity contribution in [1.29, 1.82) is 0 Å². The minimum Gasteiger partial charge on any atom is -0.349 e. The lowest BCUT2D eigenvalue weighted by Gasteiger charge is -2.31. The van der Waals surface area contributed by atoms with Gasteiger partial charge >= 0.3 is 0 Å². The smallest absolute Gasteiger partial charge is 0.252 e. The van der Waals surface area contributed by atoms with Gasteiger partial charge in [-0.2, -0.15) is 0 Å². The highest BCUT2D eigenvalue weighted by Crippen LogP contribution is 2.24. The molecule has 0 spiro atoms. The fourth-order valence-corrected chi connectivity index (χ4v) is 2.90. The van der Waals surface area contributed by atoms with E-state index >= 15 is 0 Å². The van der Waals surface area contributed by atoms with Gasteiger partial charge in [0.1, 0.15) is 0 Å². The van der Waals surface area contributed by atoms with Crippen LogP contribution in [0.5, 0.6) is 0 Å². The van der Waals surface area contributed by atoms with Gasteiger partial charge in [-0.25, -0.2) is 0 Å². The zero-order valence-electron chi connectivity index (χ0n) is 11.3. The third-order valence-electron chi connectivity index (χ3n) is 2.92. The highest BCUT2D eigenvalue weighted by Gasteiger charge is 2.26. The largest absolute Gasteiger partial charge is 0.349 e. The molecule has 1 aromatic rings. The summed E-state index contributed by atoms with van der Waals surface area (Å²) in [5.41, 5.74) is 0.681. The van der Waals surface area contributed by atoms with Crippen molar-refractivity contribution < 1.29 is 4.79 Å². The molecule has 0 saturated carbocycles. The van der Waals surface area contributed by atoms with Gasteiger partial charge in [0.2, 0.25) is 0 Å². The molecule has 0 fully saturated rings. The van der Waals surface area contributed by atoms with Gasteiger partial charge in [-0.15, -0.1) is 11.6 Å². The van der Waals surface area contributed by atoms with Crippen LogP contribution in [0.2, 0.25) is 0 Å². The number of nitrogens with one attached hydrogen (secondary N) is 1. The van der Waals surface area contributed by atoms with Crippen LogP contribution < -0.4 is 5.32 Å². The van der Waals surface area contributed by atoms with Gasteiger partial charge in [0, 0.05) is 20.0 Å². The summed E-state index contributed by atoms with van der Waals surface area (Å²) in [6.45, 7) is 6.32. The molecule has 2 nitrogen and oxygen atoms in total. The molecule has 1 unspecified atom stereocenters. The summed E-state index contributed by atoms with van der Waals surface area (Å²) >= 11 is 11.4. The summed E-state index contributed by atoms with van der Waals surface area (Å²) in [6, 6.07) is 5.76. The second-order valence-corrected chi connectivity index (χ2v) is 7.95. The van der Waals surface area contributed by atoms with Crippen LogP contribution in [0.15, 0.2) is 22.7 Å². The van der Waals surface area contributed by atoms with Crippen molar-refractivity contribution in [2.75, 3.05) is 5.88 Å². The number of rotatable bonds is 4. The van der Waals surface area contributed by atoms with Gasteiger partial charge in [-0.05, 0) is 52.6 Å². The summed E-state index contributed by atoms with van der Waals surface area (Å²) in [6.07, 6.45) is 0.765. The third kappa shape index (κ3) is 5.23. The van der Waals surface area contributed by atoms with Crippen molar-refractivity contribution in [2.24, 2.45) is 5.41 Å². The molecule has 0 aliphatic rings. The number of carbonyl (C=O) groups is 1. The summed E-state index contributed by atoms with van der Waals surface area (Å²) < 4.78 is 1.85. The molecule has 0 bridgehead atoms. The highest BCUT2D eigenvalue weighted by atomic mass is 127. The molecule has 106 valence electrons. The topological polar surface area (TPSA) is 29.1 Å². The van der Waals surface area contributed by atoms with E-state index in [0.717, 1.165) is 14.5 Å². The first kappa shape index (κ1) is 17.2. The number of benzene rings is 1. The normalized spacial score (nSPS) is 13.2. The maximum atomic E-state index is 12.4. The minimum atomic E-state index is -0.0456. The Labute approximate surface area is 141 Å². The molecule has 1 rings (SSSR count). The van der Waals surface area contributed by atoms with Crippen LogP contribution in [-0.4, -0.2) is 17.8 Å². The molecular formula is C14H18BrClINO. The Morgan fingerprint density at radius 1 is 1.47 bits per heavy atom. The van der Waals surface area contributed by atoms with Crippen LogP contribution in [0.1, 0.15) is 37.6 Å². The van der Waals surface area contributed by atoms with E-state index in [1.165, 1.54) is 0 Å². The van der Waals surface area contributed by atoms with Gasteiger partial charge in [0.05, 0.1) is 5.56 Å². The average Bonchev–Trinajstić information content (AvgIpc) is 2.30. The zero-order chi connectivity index (χ0) is 14.6. The van der Waals surface area contributed by atoms with E-state index in [4.69, 9.17) is 11.6 Å². The maximum absolute atomic E-state index is 12.4. The predicted molar refractivity (Wildman–Crippen MR) is 92.9 cm³/mol. The molecule has 1 atom stereocenters. The molecule has 1 N–H and O–H groups in total. The molecule has 0 aliphatic heterocycles. The Hall–Kier alpha value is 0.190. The summed E-state index contributed by atoms with van der Waals surface area (Å²) in [4.78, 5) is 12.4. The van der Waals surface area contributed by atoms with Gasteiger partial charge < -0.3 is 5.32 Å². The number of hydrogen-bond acceptors (Lipinski definition) is 1. The second-order valence-electron chi connectivity index (χ2n) is 5.49. The number of halogens is 3. The standard InChI is InChI=1S/C14H18BrClINO/c1-14(2,3)12(6-7-16)18-13(19)10-8-9(15)4-5-11(10)17/h4-5,8,12H,6-7H2,1-3H3,(H,18,19). The van der Waals surface area contributed by atoms with Crippen molar-refractivity contribution in [3.8, 4) is 0 Å². The monoisotopic (exact) mass is 457 g/mol. The molecule has 19 heavy (non-hydrogen) atoms. The quantitative estimate of drug-likeness (QED) is 0.508. The van der Waals surface area contributed by atoms with Crippen LogP contribution in [0, 0.1) is 8.99 Å². The van der Waals surface area contributed by atoms with Crippen LogP contribution in [0.25, 0.3) is 0 Å². The molecule has 0 heterocycles. The first-order valence-electron chi connectivity index (χ1n) is 6.07. The van der Waals surface area contributed by atoms with Gasteiger partial charge in [-0.1, -0.05) is 36.7 Å².